The first kappa shape index (κ1) is 27.1. The Kier molecular flexibility index (Phi) is 8.73. The number of benzene rings is 3. The highest BCUT2D eigenvalue weighted by molar-refractivity contribution is 7.92. The molecule has 39 heavy (non-hydrogen) atoms. The minimum atomic E-state index is -3.74. The molecule has 1 aliphatic rings. The number of sulfonamides is 1. The Labute approximate surface area is 234 Å². The molecule has 1 fully saturated rings. The maximum absolute atomic E-state index is 12.6. The normalized spacial score (nSPS) is 15.5. The van der Waals surface area contributed by atoms with Crippen LogP contribution in [0.2, 0.25) is 5.02 Å². The van der Waals surface area contributed by atoms with Crippen LogP contribution >= 0.6 is 11.6 Å². The van der Waals surface area contributed by atoms with Gasteiger partial charge in [0.15, 0.2) is 0 Å². The van der Waals surface area contributed by atoms with E-state index in [1.165, 1.54) is 23.5 Å². The second-order valence-corrected chi connectivity index (χ2v) is 11.5. The molecule has 1 saturated heterocycles. The monoisotopic (exact) mass is 562 g/mol. The standard InChI is InChI=1S/C29H31ClN6O2S/c30-25-9-7-24(8-10-25)28(23-5-2-1-3-6-23)36-21-19-35(20-22-36)18-17-31-26-11-13-27(14-12-26)39(37,38)34-29-32-15-4-16-33-29/h1-16,28,31H,17-22H2,(H,32,33,34)/t28-/m1/s1. The molecule has 10 heteroatoms. The van der Waals surface area contributed by atoms with Crippen molar-refractivity contribution in [1.29, 1.82) is 0 Å². The predicted octanol–water partition coefficient (Wildman–Crippen LogP) is 4.75. The van der Waals surface area contributed by atoms with Crippen LogP contribution in [0.3, 0.4) is 0 Å². The van der Waals surface area contributed by atoms with E-state index in [0.717, 1.165) is 50.0 Å². The maximum Gasteiger partial charge on any atom is 0.264 e. The van der Waals surface area contributed by atoms with Gasteiger partial charge in [-0.2, -0.15) is 0 Å². The van der Waals surface area contributed by atoms with Gasteiger partial charge in [-0.1, -0.05) is 54.1 Å². The van der Waals surface area contributed by atoms with Crippen LogP contribution < -0.4 is 10.0 Å². The summed E-state index contributed by atoms with van der Waals surface area (Å²) >= 11 is 6.16. The molecule has 0 aliphatic carbocycles. The number of aromatic nitrogens is 2. The van der Waals surface area contributed by atoms with Gasteiger partial charge < -0.3 is 5.32 Å². The SMILES string of the molecule is O=S(=O)(Nc1ncccn1)c1ccc(NCCN2CCN([C@H](c3ccccc3)c3ccc(Cl)cc3)CC2)cc1. The Morgan fingerprint density at radius 3 is 2.10 bits per heavy atom. The van der Waals surface area contributed by atoms with E-state index in [4.69, 9.17) is 11.6 Å². The second kappa shape index (κ2) is 12.6. The van der Waals surface area contributed by atoms with Crippen molar-refractivity contribution >= 4 is 33.3 Å². The van der Waals surface area contributed by atoms with Gasteiger partial charge in [-0.15, -0.1) is 0 Å². The van der Waals surface area contributed by atoms with E-state index in [9.17, 15) is 8.42 Å². The summed E-state index contributed by atoms with van der Waals surface area (Å²) in [5.41, 5.74) is 3.40. The summed E-state index contributed by atoms with van der Waals surface area (Å²) in [4.78, 5) is 13.0. The van der Waals surface area contributed by atoms with Gasteiger partial charge in [0.25, 0.3) is 10.0 Å². The summed E-state index contributed by atoms with van der Waals surface area (Å²) in [5.74, 6) is 0.0445. The molecular formula is C29H31ClN6O2S. The van der Waals surface area contributed by atoms with Crippen molar-refractivity contribution in [2.75, 3.05) is 49.3 Å². The summed E-state index contributed by atoms with van der Waals surface area (Å²) in [5, 5.41) is 4.15. The summed E-state index contributed by atoms with van der Waals surface area (Å²) in [6, 6.07) is 27.3. The number of halogens is 1. The fraction of sp³-hybridized carbons (Fsp3) is 0.241. The topological polar surface area (TPSA) is 90.5 Å². The molecule has 0 radical (unpaired) electrons. The molecule has 1 aromatic heterocycles. The van der Waals surface area contributed by atoms with Gasteiger partial charge in [-0.3, -0.25) is 9.80 Å². The molecule has 2 N–H and O–H groups in total. The molecule has 1 atom stereocenters. The lowest BCUT2D eigenvalue weighted by atomic mass is 9.96. The fourth-order valence-electron chi connectivity index (χ4n) is 4.78. The van der Waals surface area contributed by atoms with Gasteiger partial charge in [-0.25, -0.2) is 23.1 Å². The van der Waals surface area contributed by atoms with Crippen molar-refractivity contribution in [3.8, 4) is 0 Å². The molecule has 1 aliphatic heterocycles. The lowest BCUT2D eigenvalue weighted by Gasteiger charge is -2.40. The number of nitrogens with one attached hydrogen (secondary N) is 2. The summed E-state index contributed by atoms with van der Waals surface area (Å²) in [6.07, 6.45) is 2.97. The van der Waals surface area contributed by atoms with E-state index >= 15 is 0 Å². The quantitative estimate of drug-likeness (QED) is 0.288. The second-order valence-electron chi connectivity index (χ2n) is 9.37. The van der Waals surface area contributed by atoms with Crippen LogP contribution in [0, 0.1) is 0 Å². The van der Waals surface area contributed by atoms with Crippen LogP contribution in [-0.2, 0) is 10.0 Å². The maximum atomic E-state index is 12.6. The molecule has 0 spiro atoms. The van der Waals surface area contributed by atoms with Crippen LogP contribution in [0.15, 0.2) is 102 Å². The number of rotatable bonds is 10. The van der Waals surface area contributed by atoms with Crippen molar-refractivity contribution in [3.05, 3.63) is 113 Å². The smallest absolute Gasteiger partial charge is 0.264 e. The molecule has 0 unspecified atom stereocenters. The van der Waals surface area contributed by atoms with E-state index < -0.39 is 10.0 Å². The third-order valence-electron chi connectivity index (χ3n) is 6.79. The van der Waals surface area contributed by atoms with Crippen molar-refractivity contribution in [2.45, 2.75) is 10.9 Å². The predicted molar refractivity (Wildman–Crippen MR) is 156 cm³/mol. The van der Waals surface area contributed by atoms with Crippen LogP contribution in [0.25, 0.3) is 0 Å². The first-order valence-corrected chi connectivity index (χ1v) is 14.7. The Balaban J connectivity index is 1.12. The highest BCUT2D eigenvalue weighted by atomic mass is 35.5. The van der Waals surface area contributed by atoms with E-state index in [1.54, 1.807) is 30.3 Å². The van der Waals surface area contributed by atoms with Crippen molar-refractivity contribution in [2.24, 2.45) is 0 Å². The Morgan fingerprint density at radius 1 is 0.795 bits per heavy atom. The highest BCUT2D eigenvalue weighted by Crippen LogP contribution is 2.30. The number of hydrogen-bond donors (Lipinski definition) is 2. The largest absolute Gasteiger partial charge is 0.384 e. The number of piperazine rings is 1. The molecule has 3 aromatic carbocycles. The zero-order valence-corrected chi connectivity index (χ0v) is 23.0. The van der Waals surface area contributed by atoms with Crippen molar-refractivity contribution < 1.29 is 8.42 Å². The summed E-state index contributed by atoms with van der Waals surface area (Å²) in [6.45, 7) is 5.55. The Hall–Kier alpha value is -3.50. The Morgan fingerprint density at radius 2 is 1.44 bits per heavy atom. The van der Waals surface area contributed by atoms with E-state index in [0.29, 0.717) is 0 Å². The average Bonchev–Trinajstić information content (AvgIpc) is 2.96. The molecule has 202 valence electrons. The van der Waals surface area contributed by atoms with E-state index in [2.05, 4.69) is 72.3 Å². The van der Waals surface area contributed by atoms with Crippen LogP contribution in [0.1, 0.15) is 17.2 Å². The molecule has 2 heterocycles. The summed E-state index contributed by atoms with van der Waals surface area (Å²) in [7, 11) is -3.74. The first-order chi connectivity index (χ1) is 19.0. The first-order valence-electron chi connectivity index (χ1n) is 12.9. The van der Waals surface area contributed by atoms with Crippen molar-refractivity contribution in [1.82, 2.24) is 19.8 Å². The van der Waals surface area contributed by atoms with Gasteiger partial charge in [0, 0.05) is 62.4 Å². The van der Waals surface area contributed by atoms with Gasteiger partial charge >= 0.3 is 0 Å². The van der Waals surface area contributed by atoms with Crippen LogP contribution in [0.5, 0.6) is 0 Å². The van der Waals surface area contributed by atoms with Crippen LogP contribution in [0.4, 0.5) is 11.6 Å². The highest BCUT2D eigenvalue weighted by Gasteiger charge is 2.26. The average molecular weight is 563 g/mol. The molecule has 4 aromatic rings. The minimum absolute atomic E-state index is 0.0445. The fourth-order valence-corrected chi connectivity index (χ4v) is 5.86. The molecule has 5 rings (SSSR count). The third kappa shape index (κ3) is 7.13. The zero-order valence-electron chi connectivity index (χ0n) is 21.4. The third-order valence-corrected chi connectivity index (χ3v) is 8.38. The van der Waals surface area contributed by atoms with E-state index in [1.807, 2.05) is 12.1 Å². The Bertz CT molecular complexity index is 1430. The van der Waals surface area contributed by atoms with Crippen molar-refractivity contribution in [3.63, 3.8) is 0 Å². The van der Waals surface area contributed by atoms with Gasteiger partial charge in [0.2, 0.25) is 5.95 Å². The number of nitrogens with zero attached hydrogens (tertiary/aromatic N) is 4. The molecule has 8 nitrogen and oxygen atoms in total. The summed E-state index contributed by atoms with van der Waals surface area (Å²) < 4.78 is 27.5. The minimum Gasteiger partial charge on any atom is -0.384 e. The zero-order chi connectivity index (χ0) is 27.1. The van der Waals surface area contributed by atoms with Gasteiger partial charge in [-0.05, 0) is 53.6 Å². The lowest BCUT2D eigenvalue weighted by Crippen LogP contribution is -2.48. The number of hydrogen-bond acceptors (Lipinski definition) is 7. The molecule has 0 saturated carbocycles. The van der Waals surface area contributed by atoms with Crippen LogP contribution in [-0.4, -0.2) is 67.5 Å². The van der Waals surface area contributed by atoms with E-state index in [-0.39, 0.29) is 16.9 Å². The molecule has 0 amide bonds. The lowest BCUT2D eigenvalue weighted by molar-refractivity contribution is 0.112. The van der Waals surface area contributed by atoms with Gasteiger partial charge in [0.1, 0.15) is 0 Å². The molecule has 0 bridgehead atoms. The number of anilines is 2. The van der Waals surface area contributed by atoms with Gasteiger partial charge in [0.05, 0.1) is 10.9 Å². The molecular weight excluding hydrogens is 532 g/mol.